The minimum Gasteiger partial charge on any atom is -0.489 e. The average molecular weight is 289 g/mol. The predicted octanol–water partition coefficient (Wildman–Crippen LogP) is 2.22. The zero-order valence-corrected chi connectivity index (χ0v) is 12.1. The molecule has 0 spiro atoms. The molecule has 0 unspecified atom stereocenters. The van der Waals surface area contributed by atoms with Gasteiger partial charge in [0.1, 0.15) is 24.5 Å². The highest BCUT2D eigenvalue weighted by atomic mass is 16.6. The first-order valence-corrected chi connectivity index (χ1v) is 7.16. The van der Waals surface area contributed by atoms with Gasteiger partial charge in [0.05, 0.1) is 18.8 Å². The highest BCUT2D eigenvalue weighted by Crippen LogP contribution is 2.22. The molecular weight excluding hydrogens is 270 g/mol. The monoisotopic (exact) mass is 289 g/mol. The zero-order valence-electron chi connectivity index (χ0n) is 12.1. The second-order valence-electron chi connectivity index (χ2n) is 4.87. The Morgan fingerprint density at radius 1 is 1.52 bits per heavy atom. The number of epoxide rings is 1. The fourth-order valence-electron chi connectivity index (χ4n) is 1.96. The Kier molecular flexibility index (Phi) is 5.59. The molecule has 0 amide bonds. The molecule has 0 bridgehead atoms. The molecule has 1 fully saturated rings. The minimum atomic E-state index is -0.178. The van der Waals surface area contributed by atoms with Gasteiger partial charge in [-0.25, -0.2) is 0 Å². The summed E-state index contributed by atoms with van der Waals surface area (Å²) in [6.45, 7) is 3.42. The molecule has 0 N–H and O–H groups in total. The van der Waals surface area contributed by atoms with E-state index >= 15 is 0 Å². The number of carbonyl (C=O) groups excluding carboxylic acids is 1. The Labute approximate surface area is 124 Å². The van der Waals surface area contributed by atoms with E-state index in [0.717, 1.165) is 18.6 Å². The van der Waals surface area contributed by atoms with Crippen LogP contribution in [-0.2, 0) is 20.7 Å². The number of hydrogen-bond donors (Lipinski definition) is 0. The molecule has 21 heavy (non-hydrogen) atoms. The lowest BCUT2D eigenvalue weighted by molar-refractivity contribution is -0.143. The van der Waals surface area contributed by atoms with Crippen molar-refractivity contribution in [2.45, 2.75) is 32.3 Å². The molecule has 1 atom stereocenters. The fraction of sp³-hybridized carbons (Fsp3) is 0.500. The Balaban J connectivity index is 1.85. The Bertz CT molecular complexity index is 532. The molecule has 0 saturated carbocycles. The van der Waals surface area contributed by atoms with Crippen LogP contribution in [0, 0.1) is 11.3 Å². The van der Waals surface area contributed by atoms with E-state index in [0.29, 0.717) is 37.4 Å². The second kappa shape index (κ2) is 7.65. The summed E-state index contributed by atoms with van der Waals surface area (Å²) in [5.74, 6) is 0.407. The SMILES string of the molecule is CCOC(=O)CCCc1ccc(OC[C@H]2CO2)c(C#N)c1. The van der Waals surface area contributed by atoms with Crippen LogP contribution >= 0.6 is 0 Å². The lowest BCUT2D eigenvalue weighted by Gasteiger charge is -2.08. The number of esters is 1. The molecule has 0 aromatic heterocycles. The first-order chi connectivity index (χ1) is 10.2. The lowest BCUT2D eigenvalue weighted by atomic mass is 10.0. The molecule has 112 valence electrons. The molecule has 5 nitrogen and oxygen atoms in total. The fourth-order valence-corrected chi connectivity index (χ4v) is 1.96. The van der Waals surface area contributed by atoms with E-state index in [1.807, 2.05) is 12.1 Å². The van der Waals surface area contributed by atoms with Crippen LogP contribution in [0.5, 0.6) is 5.75 Å². The van der Waals surface area contributed by atoms with Crippen molar-refractivity contribution in [3.05, 3.63) is 29.3 Å². The van der Waals surface area contributed by atoms with Gasteiger partial charge in [-0.1, -0.05) is 6.07 Å². The Hall–Kier alpha value is -2.06. The Morgan fingerprint density at radius 3 is 3.00 bits per heavy atom. The third kappa shape index (κ3) is 5.09. The molecule has 2 rings (SSSR count). The molecule has 1 aromatic carbocycles. The third-order valence-electron chi connectivity index (χ3n) is 3.14. The molecular formula is C16H19NO4. The summed E-state index contributed by atoms with van der Waals surface area (Å²) in [5, 5.41) is 9.17. The van der Waals surface area contributed by atoms with Crippen LogP contribution in [0.25, 0.3) is 0 Å². The number of carbonyl (C=O) groups is 1. The number of rotatable bonds is 8. The second-order valence-corrected chi connectivity index (χ2v) is 4.87. The van der Waals surface area contributed by atoms with Crippen LogP contribution in [0.3, 0.4) is 0 Å². The molecule has 1 aliphatic rings. The largest absolute Gasteiger partial charge is 0.489 e. The Morgan fingerprint density at radius 2 is 2.33 bits per heavy atom. The van der Waals surface area contributed by atoms with E-state index in [-0.39, 0.29) is 12.1 Å². The van der Waals surface area contributed by atoms with Crippen LogP contribution in [0.2, 0.25) is 0 Å². The van der Waals surface area contributed by atoms with Gasteiger partial charge in [-0.15, -0.1) is 0 Å². The van der Waals surface area contributed by atoms with Crippen molar-refractivity contribution in [2.75, 3.05) is 19.8 Å². The van der Waals surface area contributed by atoms with Crippen molar-refractivity contribution in [3.8, 4) is 11.8 Å². The summed E-state index contributed by atoms with van der Waals surface area (Å²) in [4.78, 5) is 11.3. The normalized spacial score (nSPS) is 16.1. The molecule has 5 heteroatoms. The van der Waals surface area contributed by atoms with Crippen LogP contribution in [0.1, 0.15) is 30.9 Å². The van der Waals surface area contributed by atoms with Crippen molar-refractivity contribution in [2.24, 2.45) is 0 Å². The van der Waals surface area contributed by atoms with E-state index in [1.165, 1.54) is 0 Å². The molecule has 1 aliphatic heterocycles. The summed E-state index contributed by atoms with van der Waals surface area (Å²) < 4.78 is 15.5. The van der Waals surface area contributed by atoms with Crippen molar-refractivity contribution in [1.29, 1.82) is 5.26 Å². The van der Waals surface area contributed by atoms with Gasteiger partial charge < -0.3 is 14.2 Å². The minimum absolute atomic E-state index is 0.167. The maximum Gasteiger partial charge on any atom is 0.305 e. The first-order valence-electron chi connectivity index (χ1n) is 7.16. The van der Waals surface area contributed by atoms with Crippen molar-refractivity contribution in [1.82, 2.24) is 0 Å². The van der Waals surface area contributed by atoms with Crippen LogP contribution in [-0.4, -0.2) is 31.9 Å². The van der Waals surface area contributed by atoms with Crippen LogP contribution in [0.4, 0.5) is 0 Å². The maximum atomic E-state index is 11.3. The predicted molar refractivity (Wildman–Crippen MR) is 76.0 cm³/mol. The third-order valence-corrected chi connectivity index (χ3v) is 3.14. The number of aryl methyl sites for hydroxylation is 1. The highest BCUT2D eigenvalue weighted by molar-refractivity contribution is 5.69. The standard InChI is InChI=1S/C16H19NO4/c1-2-19-16(18)5-3-4-12-6-7-15(13(8-12)9-17)21-11-14-10-20-14/h6-8,14H,2-5,10-11H2,1H3/t14-/m1/s1. The smallest absolute Gasteiger partial charge is 0.305 e. The quantitative estimate of drug-likeness (QED) is 0.542. The first kappa shape index (κ1) is 15.3. The van der Waals surface area contributed by atoms with Gasteiger partial charge in [-0.05, 0) is 37.5 Å². The number of nitrogens with zero attached hydrogens (tertiary/aromatic N) is 1. The molecule has 0 aliphatic carbocycles. The van der Waals surface area contributed by atoms with Gasteiger partial charge in [0.2, 0.25) is 0 Å². The van der Waals surface area contributed by atoms with Gasteiger partial charge in [0.25, 0.3) is 0 Å². The van der Waals surface area contributed by atoms with Gasteiger partial charge in [0, 0.05) is 6.42 Å². The highest BCUT2D eigenvalue weighted by Gasteiger charge is 2.23. The summed E-state index contributed by atoms with van der Waals surface area (Å²) in [7, 11) is 0. The average Bonchev–Trinajstić information content (AvgIpc) is 3.30. The van der Waals surface area contributed by atoms with Crippen LogP contribution < -0.4 is 4.74 Å². The van der Waals surface area contributed by atoms with Crippen molar-refractivity contribution < 1.29 is 19.0 Å². The zero-order chi connectivity index (χ0) is 15.1. The maximum absolute atomic E-state index is 11.3. The summed E-state index contributed by atoms with van der Waals surface area (Å²) in [6.07, 6.45) is 2.01. The molecule has 1 aromatic rings. The summed E-state index contributed by atoms with van der Waals surface area (Å²) in [5.41, 5.74) is 1.54. The summed E-state index contributed by atoms with van der Waals surface area (Å²) >= 11 is 0. The van der Waals surface area contributed by atoms with E-state index in [2.05, 4.69) is 6.07 Å². The van der Waals surface area contributed by atoms with Crippen molar-refractivity contribution >= 4 is 5.97 Å². The number of ether oxygens (including phenoxy) is 3. The van der Waals surface area contributed by atoms with Gasteiger partial charge >= 0.3 is 5.97 Å². The lowest BCUT2D eigenvalue weighted by Crippen LogP contribution is -2.06. The summed E-state index contributed by atoms with van der Waals surface area (Å²) in [6, 6.07) is 7.69. The van der Waals surface area contributed by atoms with Gasteiger partial charge in [0.15, 0.2) is 0 Å². The number of nitriles is 1. The molecule has 1 saturated heterocycles. The van der Waals surface area contributed by atoms with Crippen LogP contribution in [0.15, 0.2) is 18.2 Å². The van der Waals surface area contributed by atoms with Crippen molar-refractivity contribution in [3.63, 3.8) is 0 Å². The number of hydrogen-bond acceptors (Lipinski definition) is 5. The van der Waals surface area contributed by atoms with Gasteiger partial charge in [-0.3, -0.25) is 4.79 Å². The van der Waals surface area contributed by atoms with E-state index < -0.39 is 0 Å². The molecule has 1 heterocycles. The van der Waals surface area contributed by atoms with E-state index in [4.69, 9.17) is 14.2 Å². The topological polar surface area (TPSA) is 71.8 Å². The van der Waals surface area contributed by atoms with E-state index in [1.54, 1.807) is 13.0 Å². The number of benzene rings is 1. The van der Waals surface area contributed by atoms with E-state index in [9.17, 15) is 10.1 Å². The molecule has 0 radical (unpaired) electrons. The van der Waals surface area contributed by atoms with Gasteiger partial charge in [-0.2, -0.15) is 5.26 Å².